The summed E-state index contributed by atoms with van der Waals surface area (Å²) in [5.41, 5.74) is 2.30. The average molecular weight is 315 g/mol. The summed E-state index contributed by atoms with van der Waals surface area (Å²) in [6.07, 6.45) is 4.08. The van der Waals surface area contributed by atoms with Gasteiger partial charge in [0.15, 0.2) is 10.9 Å². The van der Waals surface area contributed by atoms with Gasteiger partial charge in [-0.2, -0.15) is 0 Å². The van der Waals surface area contributed by atoms with Crippen LogP contribution in [0, 0.1) is 0 Å². The number of aryl methyl sites for hydroxylation is 1. The smallest absolute Gasteiger partial charge is 0.259 e. The molecule has 1 aromatic heterocycles. The van der Waals surface area contributed by atoms with Crippen molar-refractivity contribution >= 4 is 29.1 Å². The normalized spacial score (nSPS) is 10.3. The maximum Gasteiger partial charge on any atom is 0.259 e. The highest BCUT2D eigenvalue weighted by atomic mass is 32.2. The van der Waals surface area contributed by atoms with Gasteiger partial charge in [0.1, 0.15) is 0 Å². The largest absolute Gasteiger partial charge is 0.322 e. The van der Waals surface area contributed by atoms with Gasteiger partial charge in [0.25, 0.3) is 5.91 Å². The molecule has 0 aliphatic rings. The third-order valence-corrected chi connectivity index (χ3v) is 3.70. The lowest BCUT2D eigenvalue weighted by atomic mass is 10.1. The Morgan fingerprint density at radius 3 is 2.73 bits per heavy atom. The topological polar surface area (TPSA) is 72.0 Å². The monoisotopic (exact) mass is 315 g/mol. The van der Waals surface area contributed by atoms with Gasteiger partial charge in [-0.05, 0) is 31.7 Å². The number of nitrogens with zero attached hydrogens (tertiary/aromatic N) is 2. The van der Waals surface area contributed by atoms with Crippen molar-refractivity contribution < 1.29 is 9.59 Å². The summed E-state index contributed by atoms with van der Waals surface area (Å²) in [5, 5.41) is 3.43. The van der Waals surface area contributed by atoms with E-state index >= 15 is 0 Å². The summed E-state index contributed by atoms with van der Waals surface area (Å²) in [5.74, 6) is -0.316. The zero-order valence-electron chi connectivity index (χ0n) is 12.7. The molecule has 0 atom stereocenters. The lowest BCUT2D eigenvalue weighted by molar-refractivity contribution is 0.101. The van der Waals surface area contributed by atoms with E-state index in [0.717, 1.165) is 0 Å². The Kier molecular flexibility index (Phi) is 5.27. The zero-order chi connectivity index (χ0) is 16.1. The van der Waals surface area contributed by atoms with Gasteiger partial charge in [0, 0.05) is 17.4 Å². The highest BCUT2D eigenvalue weighted by molar-refractivity contribution is 7.98. The van der Waals surface area contributed by atoms with Crippen LogP contribution in [0.25, 0.3) is 0 Å². The van der Waals surface area contributed by atoms with E-state index in [9.17, 15) is 9.59 Å². The summed E-state index contributed by atoms with van der Waals surface area (Å²) in [4.78, 5) is 32.3. The fourth-order valence-electron chi connectivity index (χ4n) is 1.97. The number of aromatic nitrogens is 2. The van der Waals surface area contributed by atoms with Crippen molar-refractivity contribution in [3.8, 4) is 0 Å². The molecule has 0 unspecified atom stereocenters. The zero-order valence-corrected chi connectivity index (χ0v) is 13.5. The summed E-state index contributed by atoms with van der Waals surface area (Å²) in [7, 11) is 0. The molecule has 0 aliphatic heterocycles. The maximum atomic E-state index is 12.4. The lowest BCUT2D eigenvalue weighted by Gasteiger charge is -2.09. The lowest BCUT2D eigenvalue weighted by Crippen LogP contribution is -2.16. The second-order valence-electron chi connectivity index (χ2n) is 4.66. The summed E-state index contributed by atoms with van der Waals surface area (Å²) < 4.78 is 0. The quantitative estimate of drug-likeness (QED) is 0.521. The Hall–Kier alpha value is -2.21. The molecule has 0 saturated carbocycles. The number of carbonyl (C=O) groups excluding carboxylic acids is 2. The molecule has 1 heterocycles. The van der Waals surface area contributed by atoms with E-state index < -0.39 is 0 Å². The SMILES string of the molecule is CCc1nc(SC)ncc1C(=O)Nc1cccc(C(C)=O)c1. The number of carbonyl (C=O) groups is 2. The van der Waals surface area contributed by atoms with E-state index in [1.807, 2.05) is 13.2 Å². The molecule has 0 radical (unpaired) electrons. The van der Waals surface area contributed by atoms with Gasteiger partial charge in [0.05, 0.1) is 11.3 Å². The molecule has 0 bridgehead atoms. The van der Waals surface area contributed by atoms with Gasteiger partial charge in [0.2, 0.25) is 0 Å². The Labute approximate surface area is 133 Å². The van der Waals surface area contributed by atoms with Crippen molar-refractivity contribution in [2.45, 2.75) is 25.4 Å². The minimum absolute atomic E-state index is 0.0435. The molecule has 22 heavy (non-hydrogen) atoms. The Morgan fingerprint density at radius 2 is 2.09 bits per heavy atom. The van der Waals surface area contributed by atoms with Crippen LogP contribution >= 0.6 is 11.8 Å². The van der Waals surface area contributed by atoms with Crippen LogP contribution in [-0.2, 0) is 6.42 Å². The van der Waals surface area contributed by atoms with Crippen molar-refractivity contribution in [2.75, 3.05) is 11.6 Å². The summed E-state index contributed by atoms with van der Waals surface area (Å²) in [6, 6.07) is 6.85. The minimum atomic E-state index is -0.273. The fraction of sp³-hybridized carbons (Fsp3) is 0.250. The van der Waals surface area contributed by atoms with Crippen LogP contribution in [-0.4, -0.2) is 27.9 Å². The number of hydrogen-bond donors (Lipinski definition) is 1. The molecular weight excluding hydrogens is 298 g/mol. The van der Waals surface area contributed by atoms with Gasteiger partial charge in [-0.15, -0.1) is 0 Å². The third-order valence-electron chi connectivity index (χ3n) is 3.13. The predicted molar refractivity (Wildman–Crippen MR) is 87.6 cm³/mol. The molecule has 0 saturated heterocycles. The van der Waals surface area contributed by atoms with Crippen LogP contribution in [0.4, 0.5) is 5.69 Å². The van der Waals surface area contributed by atoms with Crippen LogP contribution in [0.5, 0.6) is 0 Å². The van der Waals surface area contributed by atoms with Crippen molar-refractivity contribution in [3.05, 3.63) is 47.3 Å². The minimum Gasteiger partial charge on any atom is -0.322 e. The number of benzene rings is 1. The highest BCUT2D eigenvalue weighted by Crippen LogP contribution is 2.16. The second kappa shape index (κ2) is 7.17. The number of rotatable bonds is 5. The number of ketones is 1. The van der Waals surface area contributed by atoms with E-state index in [4.69, 9.17) is 0 Å². The first-order valence-corrected chi connectivity index (χ1v) is 8.10. The Bertz CT molecular complexity index is 716. The van der Waals surface area contributed by atoms with Gasteiger partial charge >= 0.3 is 0 Å². The molecular formula is C16H17N3O2S. The number of amides is 1. The van der Waals surface area contributed by atoms with E-state index in [0.29, 0.717) is 34.1 Å². The molecule has 2 aromatic rings. The van der Waals surface area contributed by atoms with Crippen LogP contribution in [0.3, 0.4) is 0 Å². The highest BCUT2D eigenvalue weighted by Gasteiger charge is 2.14. The van der Waals surface area contributed by atoms with E-state index in [-0.39, 0.29) is 11.7 Å². The van der Waals surface area contributed by atoms with Gasteiger partial charge in [-0.25, -0.2) is 9.97 Å². The summed E-state index contributed by atoms with van der Waals surface area (Å²) in [6.45, 7) is 3.44. The van der Waals surface area contributed by atoms with Crippen molar-refractivity contribution in [1.29, 1.82) is 0 Å². The average Bonchev–Trinajstić information content (AvgIpc) is 2.54. The molecule has 1 amide bonds. The van der Waals surface area contributed by atoms with Crippen LogP contribution < -0.4 is 5.32 Å². The Balaban J connectivity index is 2.25. The maximum absolute atomic E-state index is 12.4. The first-order valence-electron chi connectivity index (χ1n) is 6.87. The summed E-state index contributed by atoms with van der Waals surface area (Å²) >= 11 is 1.44. The second-order valence-corrected chi connectivity index (χ2v) is 5.44. The van der Waals surface area contributed by atoms with Gasteiger partial charge < -0.3 is 5.32 Å². The number of nitrogens with one attached hydrogen (secondary N) is 1. The van der Waals surface area contributed by atoms with Gasteiger partial charge in [-0.3, -0.25) is 9.59 Å². The van der Waals surface area contributed by atoms with E-state index in [1.165, 1.54) is 18.7 Å². The molecule has 1 aromatic carbocycles. The molecule has 6 heteroatoms. The number of thioether (sulfide) groups is 1. The first kappa shape index (κ1) is 16.2. The predicted octanol–water partition coefficient (Wildman–Crippen LogP) is 3.22. The molecule has 5 nitrogen and oxygen atoms in total. The number of Topliss-reactive ketones (excluding diaryl/α,β-unsaturated/α-hetero) is 1. The van der Waals surface area contributed by atoms with E-state index in [1.54, 1.807) is 30.5 Å². The van der Waals surface area contributed by atoms with Crippen LogP contribution in [0.2, 0.25) is 0 Å². The fourth-order valence-corrected chi connectivity index (χ4v) is 2.33. The Morgan fingerprint density at radius 1 is 1.32 bits per heavy atom. The van der Waals surface area contributed by atoms with Crippen LogP contribution in [0.15, 0.2) is 35.6 Å². The van der Waals surface area contributed by atoms with Gasteiger partial charge in [-0.1, -0.05) is 30.8 Å². The van der Waals surface area contributed by atoms with Crippen LogP contribution in [0.1, 0.15) is 40.3 Å². The number of hydrogen-bond acceptors (Lipinski definition) is 5. The standard InChI is InChI=1S/C16H17N3O2S/c1-4-14-13(9-17-16(19-14)22-3)15(21)18-12-7-5-6-11(8-12)10(2)20/h5-9H,4H2,1-3H3,(H,18,21). The molecule has 114 valence electrons. The molecule has 0 spiro atoms. The first-order chi connectivity index (χ1) is 10.5. The molecule has 0 aliphatic carbocycles. The van der Waals surface area contributed by atoms with E-state index in [2.05, 4.69) is 15.3 Å². The van der Waals surface area contributed by atoms with Crippen molar-refractivity contribution in [3.63, 3.8) is 0 Å². The number of anilines is 1. The molecule has 0 fully saturated rings. The third kappa shape index (κ3) is 3.71. The molecule has 2 rings (SSSR count). The molecule has 1 N–H and O–H groups in total. The van der Waals surface area contributed by atoms with Crippen molar-refractivity contribution in [1.82, 2.24) is 9.97 Å². The van der Waals surface area contributed by atoms with Crippen molar-refractivity contribution in [2.24, 2.45) is 0 Å².